The van der Waals surface area contributed by atoms with Gasteiger partial charge in [-0.05, 0) is 30.5 Å². The molecule has 0 saturated heterocycles. The second kappa shape index (κ2) is 2.84. The molecule has 0 radical (unpaired) electrons. The minimum atomic E-state index is -1.10. The van der Waals surface area contributed by atoms with Crippen molar-refractivity contribution in [2.45, 2.75) is 20.4 Å². The molecule has 1 aromatic rings. The molecule has 1 nitrogen and oxygen atoms in total. The van der Waals surface area contributed by atoms with E-state index < -0.39 is 6.58 Å². The molecule has 0 amide bonds. The van der Waals surface area contributed by atoms with Crippen LogP contribution in [0, 0.1) is 13.8 Å². The number of benzene rings is 1. The summed E-state index contributed by atoms with van der Waals surface area (Å²) in [6.07, 6.45) is 0. The lowest BCUT2D eigenvalue weighted by atomic mass is 10.0. The molecule has 0 aliphatic rings. The van der Waals surface area contributed by atoms with Crippen LogP contribution in [0.2, 0.25) is 0 Å². The Morgan fingerprint density at radius 1 is 1.40 bits per heavy atom. The average molecular weight is 137 g/mol. The van der Waals surface area contributed by atoms with Crippen molar-refractivity contribution >= 4 is 0 Å². The van der Waals surface area contributed by atoms with E-state index in [4.69, 9.17) is 6.48 Å². The van der Waals surface area contributed by atoms with Crippen molar-refractivity contribution in [1.82, 2.24) is 0 Å². The van der Waals surface area contributed by atoms with Gasteiger partial charge in [-0.25, -0.2) is 0 Å². The zero-order valence-electron chi connectivity index (χ0n) is 7.26. The first kappa shape index (κ1) is 5.93. The fourth-order valence-corrected chi connectivity index (χ4v) is 1.03. The van der Waals surface area contributed by atoms with Crippen LogP contribution in [0.3, 0.4) is 0 Å². The molecular formula is C9H12O. The third-order valence-corrected chi connectivity index (χ3v) is 1.67. The Balaban J connectivity index is 3.21. The van der Waals surface area contributed by atoms with Crippen molar-refractivity contribution in [3.05, 3.63) is 34.9 Å². The Morgan fingerprint density at radius 2 is 1.90 bits per heavy atom. The maximum atomic E-state index is 9.05. The summed E-state index contributed by atoms with van der Waals surface area (Å²) < 4.78 is 7.16. The lowest BCUT2D eigenvalue weighted by molar-refractivity contribution is 0.280. The lowest BCUT2D eigenvalue weighted by Gasteiger charge is -2.04. The first-order chi connectivity index (χ1) is 5.13. The Bertz CT molecular complexity index is 235. The van der Waals surface area contributed by atoms with Gasteiger partial charge in [0, 0.05) is 0 Å². The Kier molecular flexibility index (Phi) is 1.68. The van der Waals surface area contributed by atoms with E-state index >= 15 is 0 Å². The van der Waals surface area contributed by atoms with Crippen LogP contribution in [0.5, 0.6) is 0 Å². The zero-order chi connectivity index (χ0) is 8.43. The predicted octanol–water partition coefficient (Wildman–Crippen LogP) is 1.80. The highest BCUT2D eigenvalue weighted by atomic mass is 16.3. The number of hydrogen-bond donors (Lipinski definition) is 1. The van der Waals surface area contributed by atoms with Gasteiger partial charge in [0.05, 0.1) is 7.95 Å². The monoisotopic (exact) mass is 137 g/mol. The van der Waals surface area contributed by atoms with Crippen LogP contribution >= 0.6 is 0 Å². The summed E-state index contributed by atoms with van der Waals surface area (Å²) in [5.74, 6) is 0. The van der Waals surface area contributed by atoms with Gasteiger partial charge < -0.3 is 5.11 Å². The molecule has 0 spiro atoms. The summed E-state index contributed by atoms with van der Waals surface area (Å²) in [6, 6.07) is 5.73. The number of aliphatic hydroxyl groups is 1. The molecule has 1 atom stereocenters. The van der Waals surface area contributed by atoms with Gasteiger partial charge in [-0.2, -0.15) is 0 Å². The van der Waals surface area contributed by atoms with Crippen molar-refractivity contribution in [1.29, 1.82) is 0 Å². The Morgan fingerprint density at radius 3 is 2.20 bits per heavy atom. The SMILES string of the molecule is [2H]C(O)c1c(C)cccc1C. The molecule has 10 heavy (non-hydrogen) atoms. The van der Waals surface area contributed by atoms with Gasteiger partial charge in [0.15, 0.2) is 0 Å². The van der Waals surface area contributed by atoms with Crippen LogP contribution in [0.25, 0.3) is 0 Å². The Hall–Kier alpha value is -0.820. The molecule has 1 N–H and O–H groups in total. The van der Waals surface area contributed by atoms with E-state index in [9.17, 15) is 0 Å². The van der Waals surface area contributed by atoms with Crippen LogP contribution in [-0.4, -0.2) is 5.11 Å². The van der Waals surface area contributed by atoms with Crippen LogP contribution in [0.4, 0.5) is 0 Å². The molecular weight excluding hydrogens is 124 g/mol. The molecule has 1 aromatic carbocycles. The summed E-state index contributed by atoms with van der Waals surface area (Å²) in [4.78, 5) is 0. The summed E-state index contributed by atoms with van der Waals surface area (Å²) in [6.45, 7) is 2.70. The third-order valence-electron chi connectivity index (χ3n) is 1.67. The van der Waals surface area contributed by atoms with Crippen molar-refractivity contribution in [2.24, 2.45) is 0 Å². The molecule has 0 saturated carbocycles. The van der Waals surface area contributed by atoms with Crippen LogP contribution < -0.4 is 0 Å². The minimum Gasteiger partial charge on any atom is -0.392 e. The van der Waals surface area contributed by atoms with Crippen molar-refractivity contribution in [2.75, 3.05) is 0 Å². The summed E-state index contributed by atoms with van der Waals surface area (Å²) >= 11 is 0. The van der Waals surface area contributed by atoms with E-state index in [1.54, 1.807) is 0 Å². The molecule has 0 aliphatic heterocycles. The number of hydrogen-bond acceptors (Lipinski definition) is 1. The standard InChI is InChI=1S/C9H12O/c1-7-4-3-5-8(2)9(7)6-10/h3-5,10H,6H2,1-2H3/i6D. The first-order valence-corrected chi connectivity index (χ1v) is 3.29. The van der Waals surface area contributed by atoms with Crippen LogP contribution in [0.1, 0.15) is 18.1 Å². The third kappa shape index (κ3) is 1.19. The number of rotatable bonds is 1. The van der Waals surface area contributed by atoms with Gasteiger partial charge in [0.2, 0.25) is 0 Å². The Labute approximate surface area is 62.7 Å². The second-order valence-corrected chi connectivity index (χ2v) is 2.43. The zero-order valence-corrected chi connectivity index (χ0v) is 6.26. The van der Waals surface area contributed by atoms with Crippen LogP contribution in [0.15, 0.2) is 18.2 Å². The summed E-state index contributed by atoms with van der Waals surface area (Å²) in [7, 11) is 0. The highest BCUT2D eigenvalue weighted by molar-refractivity contribution is 5.32. The van der Waals surface area contributed by atoms with E-state index in [-0.39, 0.29) is 0 Å². The van der Waals surface area contributed by atoms with E-state index in [2.05, 4.69) is 0 Å². The molecule has 1 unspecified atom stereocenters. The van der Waals surface area contributed by atoms with Gasteiger partial charge in [-0.3, -0.25) is 0 Å². The molecule has 1 rings (SSSR count). The lowest BCUT2D eigenvalue weighted by Crippen LogP contribution is -1.91. The minimum absolute atomic E-state index is 0.729. The highest BCUT2D eigenvalue weighted by Crippen LogP contribution is 2.11. The fourth-order valence-electron chi connectivity index (χ4n) is 1.03. The molecule has 0 heterocycles. The first-order valence-electron chi connectivity index (χ1n) is 3.87. The van der Waals surface area contributed by atoms with Crippen molar-refractivity contribution in [3.8, 4) is 0 Å². The van der Waals surface area contributed by atoms with Gasteiger partial charge in [-0.15, -0.1) is 0 Å². The van der Waals surface area contributed by atoms with Crippen molar-refractivity contribution in [3.63, 3.8) is 0 Å². The molecule has 54 valence electrons. The van der Waals surface area contributed by atoms with Gasteiger partial charge in [0.1, 0.15) is 0 Å². The molecule has 0 aliphatic carbocycles. The fraction of sp³-hybridized carbons (Fsp3) is 0.333. The smallest absolute Gasteiger partial charge is 0.0686 e. The van der Waals surface area contributed by atoms with Gasteiger partial charge in [-0.1, -0.05) is 18.2 Å². The van der Waals surface area contributed by atoms with E-state index in [1.165, 1.54) is 0 Å². The van der Waals surface area contributed by atoms with Gasteiger partial charge >= 0.3 is 0 Å². The van der Waals surface area contributed by atoms with Crippen molar-refractivity contribution < 1.29 is 6.48 Å². The normalized spacial score (nSPS) is 14.5. The summed E-state index contributed by atoms with van der Waals surface area (Å²) in [5, 5.41) is 9.05. The second-order valence-electron chi connectivity index (χ2n) is 2.43. The van der Waals surface area contributed by atoms with E-state index in [0.29, 0.717) is 0 Å². The van der Waals surface area contributed by atoms with E-state index in [1.807, 2.05) is 32.0 Å². The maximum absolute atomic E-state index is 9.05. The van der Waals surface area contributed by atoms with Crippen LogP contribution in [-0.2, 0) is 6.58 Å². The molecule has 1 heteroatoms. The average Bonchev–Trinajstić information content (AvgIpc) is 1.85. The molecule has 0 fully saturated rings. The highest BCUT2D eigenvalue weighted by Gasteiger charge is 1.97. The van der Waals surface area contributed by atoms with E-state index in [0.717, 1.165) is 16.7 Å². The number of aryl methyl sites for hydroxylation is 2. The predicted molar refractivity (Wildman–Crippen MR) is 41.8 cm³/mol. The largest absolute Gasteiger partial charge is 0.392 e. The van der Waals surface area contributed by atoms with Gasteiger partial charge in [0.25, 0.3) is 0 Å². The summed E-state index contributed by atoms with van der Waals surface area (Å²) in [5.41, 5.74) is 2.69. The number of aliphatic hydroxyl groups excluding tert-OH is 1. The molecule has 0 bridgehead atoms. The quantitative estimate of drug-likeness (QED) is 0.625. The topological polar surface area (TPSA) is 20.2 Å². The molecule has 0 aromatic heterocycles. The maximum Gasteiger partial charge on any atom is 0.0686 e.